The number of aromatic nitrogens is 3. The van der Waals surface area contributed by atoms with Crippen molar-refractivity contribution in [1.82, 2.24) is 15.0 Å². The number of nitrogens with zero attached hydrogens (tertiary/aromatic N) is 4. The summed E-state index contributed by atoms with van der Waals surface area (Å²) in [5.74, 6) is -0.654. The molecule has 2 rings (SSSR count). The highest BCUT2D eigenvalue weighted by Crippen LogP contribution is 2.21. The first-order chi connectivity index (χ1) is 9.49. The van der Waals surface area contributed by atoms with Gasteiger partial charge in [0, 0.05) is 6.07 Å². The summed E-state index contributed by atoms with van der Waals surface area (Å²) in [7, 11) is 0. The zero-order valence-electron chi connectivity index (χ0n) is 10.7. The highest BCUT2D eigenvalue weighted by molar-refractivity contribution is 6.20. The fourth-order valence-electron chi connectivity index (χ4n) is 1.76. The molecule has 0 fully saturated rings. The second kappa shape index (κ2) is 5.96. The molecule has 0 aliphatic heterocycles. The van der Waals surface area contributed by atoms with E-state index in [1.165, 1.54) is 16.8 Å². The Hall–Kier alpha value is -2.02. The smallest absolute Gasteiger partial charge is 0.258 e. The normalized spacial score (nSPS) is 12.3. The van der Waals surface area contributed by atoms with Crippen molar-refractivity contribution >= 4 is 17.3 Å². The maximum atomic E-state index is 13.3. The highest BCUT2D eigenvalue weighted by atomic mass is 35.5. The van der Waals surface area contributed by atoms with E-state index < -0.39 is 10.7 Å². The molecular formula is C12H12ClFN4O2. The van der Waals surface area contributed by atoms with Crippen molar-refractivity contribution in [3.05, 3.63) is 51.6 Å². The first kappa shape index (κ1) is 14.4. The van der Waals surface area contributed by atoms with Gasteiger partial charge in [-0.15, -0.1) is 16.7 Å². The van der Waals surface area contributed by atoms with E-state index in [9.17, 15) is 14.5 Å². The van der Waals surface area contributed by atoms with Crippen LogP contribution in [0.15, 0.2) is 24.4 Å². The quantitative estimate of drug-likeness (QED) is 0.483. The molecule has 0 radical (unpaired) electrons. The Morgan fingerprint density at radius 2 is 2.25 bits per heavy atom. The number of nitro benzene ring substituents is 1. The molecule has 1 aromatic heterocycles. The van der Waals surface area contributed by atoms with Crippen molar-refractivity contribution < 1.29 is 9.31 Å². The monoisotopic (exact) mass is 298 g/mol. The highest BCUT2D eigenvalue weighted by Gasteiger charge is 2.13. The van der Waals surface area contributed by atoms with Crippen molar-refractivity contribution in [3.8, 4) is 0 Å². The van der Waals surface area contributed by atoms with Gasteiger partial charge in [-0.1, -0.05) is 12.1 Å². The molecule has 0 amide bonds. The molecule has 1 aromatic carbocycles. The summed E-state index contributed by atoms with van der Waals surface area (Å²) in [6.07, 6.45) is 2.36. The van der Waals surface area contributed by atoms with Crippen molar-refractivity contribution in [2.24, 2.45) is 0 Å². The second-order valence-electron chi connectivity index (χ2n) is 4.29. The zero-order chi connectivity index (χ0) is 14.7. The van der Waals surface area contributed by atoms with Crippen LogP contribution < -0.4 is 0 Å². The minimum atomic E-state index is -0.654. The van der Waals surface area contributed by atoms with Crippen LogP contribution in [-0.4, -0.2) is 19.9 Å². The number of hydrogen-bond donors (Lipinski definition) is 0. The van der Waals surface area contributed by atoms with Gasteiger partial charge in [-0.05, 0) is 18.1 Å². The van der Waals surface area contributed by atoms with E-state index >= 15 is 0 Å². The van der Waals surface area contributed by atoms with Gasteiger partial charge in [0.05, 0.1) is 29.1 Å². The minimum Gasteiger partial charge on any atom is -0.258 e. The Morgan fingerprint density at radius 1 is 1.50 bits per heavy atom. The first-order valence-corrected chi connectivity index (χ1v) is 6.41. The molecule has 1 atom stereocenters. The maximum Gasteiger partial charge on any atom is 0.272 e. The van der Waals surface area contributed by atoms with E-state index in [-0.39, 0.29) is 17.6 Å². The summed E-state index contributed by atoms with van der Waals surface area (Å²) < 4.78 is 14.8. The summed E-state index contributed by atoms with van der Waals surface area (Å²) >= 11 is 6.03. The standard InChI is InChI=1S/C12H12ClFN4O2/c1-2-11(13)12-7-17(16-15-12)6-8-3-9(14)5-10(4-8)18(19)20/h3-5,7,11H,2,6H2,1H3. The fraction of sp³-hybridized carbons (Fsp3) is 0.333. The van der Waals surface area contributed by atoms with E-state index in [1.807, 2.05) is 6.92 Å². The lowest BCUT2D eigenvalue weighted by atomic mass is 10.2. The van der Waals surface area contributed by atoms with E-state index in [4.69, 9.17) is 11.6 Å². The number of benzene rings is 1. The van der Waals surface area contributed by atoms with E-state index in [0.717, 1.165) is 6.07 Å². The molecule has 0 bridgehead atoms. The van der Waals surface area contributed by atoms with Gasteiger partial charge in [0.1, 0.15) is 11.5 Å². The lowest BCUT2D eigenvalue weighted by Gasteiger charge is -2.02. The average Bonchev–Trinajstić information content (AvgIpc) is 2.85. The molecule has 2 aromatic rings. The van der Waals surface area contributed by atoms with Crippen molar-refractivity contribution in [2.45, 2.75) is 25.3 Å². The SMILES string of the molecule is CCC(Cl)c1cn(Cc2cc(F)cc([N+](=O)[O-])c2)nn1. The predicted molar refractivity (Wildman–Crippen MR) is 71.1 cm³/mol. The summed E-state index contributed by atoms with van der Waals surface area (Å²) in [6, 6.07) is 3.41. The Bertz CT molecular complexity index is 632. The van der Waals surface area contributed by atoms with Crippen molar-refractivity contribution in [1.29, 1.82) is 0 Å². The topological polar surface area (TPSA) is 73.8 Å². The van der Waals surface area contributed by atoms with Crippen LogP contribution in [0.4, 0.5) is 10.1 Å². The average molecular weight is 299 g/mol. The van der Waals surface area contributed by atoms with Gasteiger partial charge >= 0.3 is 0 Å². The number of alkyl halides is 1. The number of non-ortho nitro benzene ring substituents is 1. The van der Waals surface area contributed by atoms with E-state index in [1.54, 1.807) is 6.20 Å². The molecule has 0 aliphatic rings. The summed E-state index contributed by atoms with van der Waals surface area (Å²) in [4.78, 5) is 10.0. The number of nitro groups is 1. The van der Waals surface area contributed by atoms with Crippen LogP contribution in [0.3, 0.4) is 0 Å². The molecule has 1 unspecified atom stereocenters. The molecule has 106 valence electrons. The van der Waals surface area contributed by atoms with Gasteiger partial charge in [0.15, 0.2) is 0 Å². The van der Waals surface area contributed by atoms with Gasteiger partial charge in [0.25, 0.3) is 5.69 Å². The number of halogens is 2. The molecule has 0 spiro atoms. The Labute approximate surface area is 119 Å². The van der Waals surface area contributed by atoms with Gasteiger partial charge in [0.2, 0.25) is 0 Å². The zero-order valence-corrected chi connectivity index (χ0v) is 11.4. The van der Waals surface area contributed by atoms with Crippen molar-refractivity contribution in [3.63, 3.8) is 0 Å². The van der Waals surface area contributed by atoms with Crippen LogP contribution in [0.1, 0.15) is 30.0 Å². The van der Waals surface area contributed by atoms with Crippen LogP contribution in [0.5, 0.6) is 0 Å². The molecule has 0 saturated carbocycles. The second-order valence-corrected chi connectivity index (χ2v) is 4.82. The Balaban J connectivity index is 2.21. The minimum absolute atomic E-state index is 0.193. The van der Waals surface area contributed by atoms with E-state index in [0.29, 0.717) is 17.7 Å². The van der Waals surface area contributed by atoms with Crippen LogP contribution >= 0.6 is 11.6 Å². The largest absolute Gasteiger partial charge is 0.272 e. The first-order valence-electron chi connectivity index (χ1n) is 5.97. The Morgan fingerprint density at radius 3 is 2.90 bits per heavy atom. The third kappa shape index (κ3) is 3.30. The Kier molecular flexibility index (Phi) is 4.29. The number of hydrogen-bond acceptors (Lipinski definition) is 4. The molecular weight excluding hydrogens is 287 g/mol. The fourth-order valence-corrected chi connectivity index (χ4v) is 1.86. The summed E-state index contributed by atoms with van der Waals surface area (Å²) in [5, 5.41) is 18.2. The van der Waals surface area contributed by atoms with Crippen LogP contribution in [0.2, 0.25) is 0 Å². The lowest BCUT2D eigenvalue weighted by molar-refractivity contribution is -0.385. The number of rotatable bonds is 5. The maximum absolute atomic E-state index is 13.3. The third-order valence-electron chi connectivity index (χ3n) is 2.73. The molecule has 20 heavy (non-hydrogen) atoms. The molecule has 0 aliphatic carbocycles. The van der Waals surface area contributed by atoms with Gasteiger partial charge in [-0.25, -0.2) is 9.07 Å². The van der Waals surface area contributed by atoms with Gasteiger partial charge in [-0.3, -0.25) is 10.1 Å². The summed E-state index contributed by atoms with van der Waals surface area (Å²) in [6.45, 7) is 2.12. The molecule has 0 saturated heterocycles. The lowest BCUT2D eigenvalue weighted by Crippen LogP contribution is -2.02. The van der Waals surface area contributed by atoms with Gasteiger partial charge in [-0.2, -0.15) is 0 Å². The van der Waals surface area contributed by atoms with Gasteiger partial charge < -0.3 is 0 Å². The molecule has 6 nitrogen and oxygen atoms in total. The molecule has 1 heterocycles. The molecule has 8 heteroatoms. The van der Waals surface area contributed by atoms with Crippen LogP contribution in [0, 0.1) is 15.9 Å². The van der Waals surface area contributed by atoms with Crippen molar-refractivity contribution in [2.75, 3.05) is 0 Å². The predicted octanol–water partition coefficient (Wildman–Crippen LogP) is 3.06. The van der Waals surface area contributed by atoms with Crippen LogP contribution in [-0.2, 0) is 6.54 Å². The third-order valence-corrected chi connectivity index (χ3v) is 3.27. The van der Waals surface area contributed by atoms with E-state index in [2.05, 4.69) is 10.3 Å². The summed E-state index contributed by atoms with van der Waals surface area (Å²) in [5.41, 5.74) is 0.778. The van der Waals surface area contributed by atoms with Crippen LogP contribution in [0.25, 0.3) is 0 Å². The molecule has 0 N–H and O–H groups in total.